The number of amides is 1. The summed E-state index contributed by atoms with van der Waals surface area (Å²) in [6, 6.07) is 21.0. The number of hydrogen-bond donors (Lipinski definition) is 0. The van der Waals surface area contributed by atoms with Gasteiger partial charge in [0.1, 0.15) is 4.90 Å². The molecule has 0 spiro atoms. The van der Waals surface area contributed by atoms with Crippen molar-refractivity contribution in [1.29, 1.82) is 0 Å². The maximum Gasteiger partial charge on any atom is 0.269 e. The molecule has 0 atom stereocenters. The van der Waals surface area contributed by atoms with Crippen molar-refractivity contribution < 1.29 is 13.2 Å². The summed E-state index contributed by atoms with van der Waals surface area (Å²) in [6.07, 6.45) is 0. The van der Waals surface area contributed by atoms with E-state index in [-0.39, 0.29) is 16.5 Å². The second-order valence-corrected chi connectivity index (χ2v) is 10.4. The van der Waals surface area contributed by atoms with Crippen LogP contribution in [0.15, 0.2) is 77.7 Å². The third-order valence-corrected chi connectivity index (χ3v) is 8.21. The molecular formula is C23H18Cl2N2O3S. The highest BCUT2D eigenvalue weighted by Crippen LogP contribution is 2.39. The topological polar surface area (TPSA) is 57.7 Å². The van der Waals surface area contributed by atoms with Crippen LogP contribution in [0.1, 0.15) is 27.5 Å². The largest absolute Gasteiger partial charge is 0.288 e. The van der Waals surface area contributed by atoms with Crippen molar-refractivity contribution in [3.05, 3.63) is 99.5 Å². The molecule has 0 aromatic heterocycles. The summed E-state index contributed by atoms with van der Waals surface area (Å²) in [5.41, 5.74) is 2.31. The van der Waals surface area contributed by atoms with Crippen LogP contribution in [-0.2, 0) is 10.0 Å². The summed E-state index contributed by atoms with van der Waals surface area (Å²) in [7, 11) is -3.82. The monoisotopic (exact) mass is 472 g/mol. The van der Waals surface area contributed by atoms with Crippen molar-refractivity contribution >= 4 is 39.1 Å². The molecule has 0 radical (unpaired) electrons. The number of sulfonamides is 1. The minimum Gasteiger partial charge on any atom is -0.288 e. The van der Waals surface area contributed by atoms with E-state index in [2.05, 4.69) is 4.90 Å². The van der Waals surface area contributed by atoms with Gasteiger partial charge in [-0.3, -0.25) is 9.69 Å². The lowest BCUT2D eigenvalue weighted by atomic mass is 9.93. The number of likely N-dealkylation sites (tertiary alicyclic amines) is 1. The number of rotatable bonds is 4. The van der Waals surface area contributed by atoms with Crippen molar-refractivity contribution in [3.8, 4) is 0 Å². The number of halogens is 2. The van der Waals surface area contributed by atoms with E-state index < -0.39 is 22.0 Å². The number of nitrogens with zero attached hydrogens (tertiary/aromatic N) is 2. The Bertz CT molecular complexity index is 1210. The zero-order chi connectivity index (χ0) is 21.8. The van der Waals surface area contributed by atoms with Crippen molar-refractivity contribution in [3.63, 3.8) is 0 Å². The van der Waals surface area contributed by atoms with Crippen LogP contribution in [0.25, 0.3) is 0 Å². The van der Waals surface area contributed by atoms with Gasteiger partial charge < -0.3 is 0 Å². The minimum absolute atomic E-state index is 0.0883. The van der Waals surface area contributed by atoms with Gasteiger partial charge in [-0.1, -0.05) is 59.6 Å². The van der Waals surface area contributed by atoms with Crippen molar-refractivity contribution in [2.75, 3.05) is 13.1 Å². The van der Waals surface area contributed by atoms with Crippen LogP contribution in [0.3, 0.4) is 0 Å². The van der Waals surface area contributed by atoms with E-state index in [0.29, 0.717) is 23.1 Å². The first kappa shape index (κ1) is 20.5. The van der Waals surface area contributed by atoms with Gasteiger partial charge in [-0.15, -0.1) is 0 Å². The molecule has 8 heteroatoms. The molecule has 0 bridgehead atoms. The zero-order valence-corrected chi connectivity index (χ0v) is 18.6. The maximum atomic E-state index is 13.0. The lowest BCUT2D eigenvalue weighted by Gasteiger charge is -2.47. The van der Waals surface area contributed by atoms with Crippen molar-refractivity contribution in [2.45, 2.75) is 17.0 Å². The Kier molecular flexibility index (Phi) is 5.06. The molecule has 0 N–H and O–H groups in total. The van der Waals surface area contributed by atoms with E-state index in [1.807, 2.05) is 48.5 Å². The van der Waals surface area contributed by atoms with Gasteiger partial charge in [0.15, 0.2) is 0 Å². The zero-order valence-electron chi connectivity index (χ0n) is 16.3. The second kappa shape index (κ2) is 7.64. The van der Waals surface area contributed by atoms with Crippen molar-refractivity contribution in [2.24, 2.45) is 0 Å². The number of carbonyl (C=O) groups is 1. The lowest BCUT2D eigenvalue weighted by molar-refractivity contribution is 0.0438. The van der Waals surface area contributed by atoms with Crippen molar-refractivity contribution in [1.82, 2.24) is 9.21 Å². The first-order chi connectivity index (χ1) is 14.9. The molecule has 3 aromatic rings. The van der Waals surface area contributed by atoms with Crippen LogP contribution in [0.5, 0.6) is 0 Å². The van der Waals surface area contributed by atoms with E-state index in [4.69, 9.17) is 23.2 Å². The molecule has 3 aromatic carbocycles. The molecule has 0 saturated carbocycles. The fraction of sp³-hybridized carbons (Fsp3) is 0.174. The average Bonchev–Trinajstić information content (AvgIpc) is 2.93. The van der Waals surface area contributed by atoms with Gasteiger partial charge in [0, 0.05) is 23.1 Å². The third-order valence-electron chi connectivity index (χ3n) is 5.81. The fourth-order valence-corrected chi connectivity index (χ4v) is 6.31. The highest BCUT2D eigenvalue weighted by Gasteiger charge is 2.49. The molecular weight excluding hydrogens is 455 g/mol. The Labute approximate surface area is 190 Å². The Morgan fingerprint density at radius 3 is 1.84 bits per heavy atom. The average molecular weight is 473 g/mol. The molecule has 1 amide bonds. The minimum atomic E-state index is -3.82. The highest BCUT2D eigenvalue weighted by molar-refractivity contribution is 7.90. The predicted octanol–water partition coefficient (Wildman–Crippen LogP) is 4.61. The summed E-state index contributed by atoms with van der Waals surface area (Å²) in [5.74, 6) is -0.449. The molecule has 5 rings (SSSR count). The van der Waals surface area contributed by atoms with Gasteiger partial charge in [-0.25, -0.2) is 12.7 Å². The Morgan fingerprint density at radius 2 is 1.32 bits per heavy atom. The van der Waals surface area contributed by atoms with Crippen LogP contribution in [0.2, 0.25) is 10.0 Å². The smallest absolute Gasteiger partial charge is 0.269 e. The van der Waals surface area contributed by atoms with Crippen LogP contribution < -0.4 is 0 Å². The summed E-state index contributed by atoms with van der Waals surface area (Å²) in [6.45, 7) is 0.879. The Hall–Kier alpha value is -2.38. The first-order valence-corrected chi connectivity index (χ1v) is 12.0. The molecule has 2 aliphatic rings. The lowest BCUT2D eigenvalue weighted by Crippen LogP contribution is -2.61. The SMILES string of the molecule is O=C1c2ccccc2S(=O)(=O)N1C1CN(C(c2ccc(Cl)cc2)c2ccc(Cl)cc2)C1. The molecule has 31 heavy (non-hydrogen) atoms. The van der Waals surface area contributed by atoms with E-state index in [1.165, 1.54) is 6.07 Å². The predicted molar refractivity (Wildman–Crippen MR) is 120 cm³/mol. The second-order valence-electron chi connectivity index (χ2n) is 7.72. The van der Waals surface area contributed by atoms with Gasteiger partial charge in [0.05, 0.1) is 17.6 Å². The molecule has 0 unspecified atom stereocenters. The maximum absolute atomic E-state index is 13.0. The standard InChI is InChI=1S/C23H18Cl2N2O3S/c24-17-9-5-15(6-10-17)22(16-7-11-18(25)12-8-16)26-13-19(14-26)27-23(28)20-3-1-2-4-21(20)31(27,29)30/h1-12,19,22H,13-14H2. The molecule has 5 nitrogen and oxygen atoms in total. The normalized spacial score (nSPS) is 18.3. The van der Waals surface area contributed by atoms with E-state index in [0.717, 1.165) is 15.4 Å². The van der Waals surface area contributed by atoms with Crippen LogP contribution in [0.4, 0.5) is 0 Å². The summed E-state index contributed by atoms with van der Waals surface area (Å²) >= 11 is 12.1. The summed E-state index contributed by atoms with van der Waals surface area (Å²) in [5, 5.41) is 1.29. The van der Waals surface area contributed by atoms with Crippen LogP contribution >= 0.6 is 23.2 Å². The third kappa shape index (κ3) is 3.44. The first-order valence-electron chi connectivity index (χ1n) is 9.79. The molecule has 1 saturated heterocycles. The van der Waals surface area contributed by atoms with Gasteiger partial charge in [-0.05, 0) is 47.5 Å². The fourth-order valence-electron chi connectivity index (χ4n) is 4.32. The molecule has 1 fully saturated rings. The van der Waals surface area contributed by atoms with Gasteiger partial charge >= 0.3 is 0 Å². The van der Waals surface area contributed by atoms with Crippen LogP contribution in [0, 0.1) is 0 Å². The van der Waals surface area contributed by atoms with E-state index >= 15 is 0 Å². The molecule has 0 aliphatic carbocycles. The number of fused-ring (bicyclic) bond motifs is 1. The number of benzene rings is 3. The van der Waals surface area contributed by atoms with Gasteiger partial charge in [0.25, 0.3) is 15.9 Å². The highest BCUT2D eigenvalue weighted by atomic mass is 35.5. The summed E-state index contributed by atoms with van der Waals surface area (Å²) < 4.78 is 27.0. The quantitative estimate of drug-likeness (QED) is 0.556. The summed E-state index contributed by atoms with van der Waals surface area (Å²) in [4.78, 5) is 15.1. The Balaban J connectivity index is 1.44. The molecule has 2 heterocycles. The van der Waals surface area contributed by atoms with Gasteiger partial charge in [-0.2, -0.15) is 0 Å². The van der Waals surface area contributed by atoms with Gasteiger partial charge in [0.2, 0.25) is 0 Å². The number of hydrogen-bond acceptors (Lipinski definition) is 4. The van der Waals surface area contributed by atoms with Crippen LogP contribution in [-0.4, -0.2) is 42.7 Å². The number of carbonyl (C=O) groups excluding carboxylic acids is 1. The van der Waals surface area contributed by atoms with E-state index in [1.54, 1.807) is 18.2 Å². The Morgan fingerprint density at radius 1 is 0.806 bits per heavy atom. The van der Waals surface area contributed by atoms with E-state index in [9.17, 15) is 13.2 Å². The molecule has 2 aliphatic heterocycles. The molecule has 158 valence electrons.